The maximum atomic E-state index is 3.59. The SMILES string of the molecule is C.CC(C)(C)N1CC2CCC1C2.CC(C)(C)N1CCC2(CCCC2)CC1.CC(C)(C)N1CCC2(CCCCC2)C1.CC(C)(C)NCC1CCCCC1.CC1CCN(C(C)(C)C)CC1.CCC1CCN(C(C)(C)C)CC1.CCCC1CCN(C(C)(C)C)CC1.CN(CC1CCCCC1)C(C)(C)C.CN1CC2CC1CN2C(C)(C)C.CNC1CCN(C(C)(C)C)CC1. The van der Waals surface area contributed by atoms with Crippen molar-refractivity contribution >= 4 is 0 Å². The molecule has 2 spiro atoms. The van der Waals surface area contributed by atoms with E-state index in [1.54, 1.807) is 0 Å². The quantitative estimate of drug-likeness (QED) is 0.243. The van der Waals surface area contributed by atoms with E-state index in [4.69, 9.17) is 0 Å². The van der Waals surface area contributed by atoms with Crippen molar-refractivity contribution in [3.05, 3.63) is 0 Å². The minimum absolute atomic E-state index is 0. The first-order valence-corrected chi connectivity index (χ1v) is 54.2. The number of hydrogen-bond donors (Lipinski definition) is 2. The van der Waals surface area contributed by atoms with Crippen LogP contribution in [0.4, 0.5) is 0 Å². The third-order valence-corrected chi connectivity index (χ3v) is 33.4. The van der Waals surface area contributed by atoms with E-state index in [9.17, 15) is 0 Å². The van der Waals surface area contributed by atoms with Crippen LogP contribution in [0.1, 0.15) is 473 Å². The van der Waals surface area contributed by atoms with Gasteiger partial charge in [0.15, 0.2) is 0 Å². The Labute approximate surface area is 786 Å². The van der Waals surface area contributed by atoms with Gasteiger partial charge in [0, 0.05) is 125 Å². The van der Waals surface area contributed by atoms with Gasteiger partial charge in [-0.25, -0.2) is 0 Å². The lowest BCUT2D eigenvalue weighted by atomic mass is 9.73. The molecule has 5 aliphatic carbocycles. The monoisotopic (exact) mass is 1760 g/mol. The Morgan fingerprint density at radius 2 is 0.720 bits per heavy atom. The Morgan fingerprint density at radius 3 is 1.06 bits per heavy atom. The van der Waals surface area contributed by atoms with Gasteiger partial charge in [-0.05, 0) is 488 Å². The van der Waals surface area contributed by atoms with Crippen molar-refractivity contribution in [2.75, 3.05) is 132 Å². The molecule has 9 aliphatic heterocycles. The van der Waals surface area contributed by atoms with Gasteiger partial charge in [-0.3, -0.25) is 39.2 Å². The standard InChI is InChI=1S/2C13H25N.2C12H25N.2C11H23N.C10H20N2.C10H22N2.C10H19N.C10H21N.CH4/c1-12(2,3)14-10-8-13(9-11-14)6-4-5-7-13;1-12(2,3)14-10-9-13(11-14)7-5-4-6-8-13;1-12(2,3)13(4)10-11-8-6-5-7-9-11;1-5-6-11-7-9-13(10-8-11)12(2,3)4;1-11(2,3)12-9-10-7-5-4-6-8-10;1-5-10-6-8-12(9-7-10)11(2,3)4;1-10(2,3)12-7-8-5-9(12)6-11(8)4;1-10(2,3)12-7-5-9(11-4)6-8-12;1-10(2,3)11-7-8-4-5-9(11)6-8;1-9-5-7-11(8-6-9)10(2,3)4;/h2*4-11H2,1-3H3;2*11H,5-10H2,1-4H3;10,12H,4-9H2,1-3H3;10H,5-9H2,1-4H3;8-9H,5-7H2,1-4H3;9,11H,5-8H2,1-4H3;8-9H,4-7H2,1-3H3;9H,5-8H2,1-4H3;1H4. The van der Waals surface area contributed by atoms with Crippen molar-refractivity contribution in [3.63, 3.8) is 0 Å². The fourth-order valence-corrected chi connectivity index (χ4v) is 23.6. The molecule has 0 aromatic rings. The van der Waals surface area contributed by atoms with E-state index in [1.807, 2.05) is 0 Å². The Kier molecular flexibility index (Phi) is 49.3. The maximum Gasteiger partial charge on any atom is 0.0244 e. The molecule has 0 aromatic heterocycles. The highest BCUT2D eigenvalue weighted by molar-refractivity contribution is 5.03. The molecule has 14 fully saturated rings. The molecule has 14 rings (SSSR count). The summed E-state index contributed by atoms with van der Waals surface area (Å²) in [7, 11) is 6.58. The summed E-state index contributed by atoms with van der Waals surface area (Å²) in [5, 5.41) is 6.94. The molecule has 9 saturated heterocycles. The van der Waals surface area contributed by atoms with Gasteiger partial charge in [0.2, 0.25) is 0 Å². The molecular weight excluding hydrogens is 1530 g/mol. The number of rotatable bonds is 8. The third-order valence-electron chi connectivity index (χ3n) is 33.4. The molecule has 14 aliphatic rings. The zero-order chi connectivity index (χ0) is 93.1. The molecule has 2 N–H and O–H groups in total. The van der Waals surface area contributed by atoms with Crippen LogP contribution < -0.4 is 10.6 Å². The summed E-state index contributed by atoms with van der Waals surface area (Å²) in [4.78, 5) is 26.1. The number of piperazine rings is 1. The van der Waals surface area contributed by atoms with Crippen molar-refractivity contribution in [2.45, 2.75) is 553 Å². The van der Waals surface area contributed by atoms with E-state index in [0.717, 1.165) is 70.5 Å². The fourth-order valence-electron chi connectivity index (χ4n) is 23.6. The summed E-state index contributed by atoms with van der Waals surface area (Å²) in [6.45, 7) is 98.6. The van der Waals surface area contributed by atoms with E-state index >= 15 is 0 Å². The fraction of sp³-hybridized carbons (Fsp3) is 1.00. The largest absolute Gasteiger partial charge is 0.317 e. The summed E-state index contributed by atoms with van der Waals surface area (Å²) < 4.78 is 0. The lowest BCUT2D eigenvalue weighted by Crippen LogP contribution is -2.52. The molecule has 12 heteroatoms. The average Bonchev–Trinajstić information content (AvgIpc) is 1.39. The predicted octanol–water partition coefficient (Wildman–Crippen LogP) is 27.4. The second-order valence-electron chi connectivity index (χ2n) is 53.9. The average molecular weight is 1760 g/mol. The number of piperidine rings is 6. The van der Waals surface area contributed by atoms with Crippen LogP contribution in [0, 0.1) is 46.3 Å². The van der Waals surface area contributed by atoms with Gasteiger partial charge in [-0.15, -0.1) is 0 Å². The highest BCUT2D eigenvalue weighted by Gasteiger charge is 2.47. The van der Waals surface area contributed by atoms with Crippen LogP contribution in [0.3, 0.4) is 0 Å². The van der Waals surface area contributed by atoms with Crippen molar-refractivity contribution in [3.8, 4) is 0 Å². The highest BCUT2D eigenvalue weighted by Crippen LogP contribution is 2.48. The second kappa shape index (κ2) is 52.7. The molecule has 4 bridgehead atoms. The normalized spacial score (nSPS) is 26.5. The van der Waals surface area contributed by atoms with E-state index in [-0.39, 0.29) is 7.43 Å². The second-order valence-corrected chi connectivity index (χ2v) is 53.9. The summed E-state index contributed by atoms with van der Waals surface area (Å²) >= 11 is 0. The van der Waals surface area contributed by atoms with Gasteiger partial charge in [0.05, 0.1) is 0 Å². The lowest BCUT2D eigenvalue weighted by Gasteiger charge is -2.45. The van der Waals surface area contributed by atoms with E-state index < -0.39 is 0 Å². The first-order chi connectivity index (χ1) is 57.3. The lowest BCUT2D eigenvalue weighted by molar-refractivity contribution is 0.0455. The van der Waals surface area contributed by atoms with Gasteiger partial charge in [-0.2, -0.15) is 0 Å². The van der Waals surface area contributed by atoms with Crippen LogP contribution in [0.5, 0.6) is 0 Å². The van der Waals surface area contributed by atoms with Gasteiger partial charge < -0.3 is 20.4 Å². The first kappa shape index (κ1) is 117. The maximum absolute atomic E-state index is 3.59. The Bertz CT molecular complexity index is 2700. The molecule has 0 amide bonds. The molecule has 0 aromatic carbocycles. The van der Waals surface area contributed by atoms with Gasteiger partial charge in [0.1, 0.15) is 0 Å². The topological polar surface area (TPSA) is 56.5 Å². The van der Waals surface area contributed by atoms with Crippen LogP contribution in [-0.4, -0.2) is 261 Å². The van der Waals surface area contributed by atoms with Crippen molar-refractivity contribution in [2.24, 2.45) is 46.3 Å². The van der Waals surface area contributed by atoms with Crippen LogP contribution in [0.25, 0.3) is 0 Å². The molecule has 9 heterocycles. The molecule has 125 heavy (non-hydrogen) atoms. The highest BCUT2D eigenvalue weighted by atomic mass is 15.4. The number of nitrogens with zero attached hydrogens (tertiary/aromatic N) is 10. The molecule has 744 valence electrons. The molecule has 4 unspecified atom stereocenters. The number of likely N-dealkylation sites (tertiary alicyclic amines) is 9. The molecule has 5 saturated carbocycles. The molecular formula is C113H232N12. The van der Waals surface area contributed by atoms with Gasteiger partial charge >= 0.3 is 0 Å². The Hall–Kier alpha value is -0.480. The van der Waals surface area contributed by atoms with E-state index in [0.29, 0.717) is 55.4 Å². The third kappa shape index (κ3) is 43.2. The minimum Gasteiger partial charge on any atom is -0.317 e. The van der Waals surface area contributed by atoms with Crippen molar-refractivity contribution < 1.29 is 0 Å². The Balaban J connectivity index is 0.000000291. The zero-order valence-electron chi connectivity index (χ0n) is 91.4. The zero-order valence-corrected chi connectivity index (χ0v) is 91.4. The number of nitrogens with one attached hydrogen (secondary N) is 2. The number of fused-ring (bicyclic) bond motifs is 4. The number of likely N-dealkylation sites (N-methyl/N-ethyl adjacent to an activating group) is 1. The predicted molar refractivity (Wildman–Crippen MR) is 558 cm³/mol. The van der Waals surface area contributed by atoms with Crippen LogP contribution >= 0.6 is 0 Å². The molecule has 0 radical (unpaired) electrons. The summed E-state index contributed by atoms with van der Waals surface area (Å²) in [6, 6.07) is 3.36. The van der Waals surface area contributed by atoms with E-state index in [1.165, 1.54) is 349 Å². The molecule has 4 atom stereocenters. The van der Waals surface area contributed by atoms with Gasteiger partial charge in [0.25, 0.3) is 0 Å². The van der Waals surface area contributed by atoms with Crippen LogP contribution in [0.15, 0.2) is 0 Å². The number of hydrogen-bond acceptors (Lipinski definition) is 12. The van der Waals surface area contributed by atoms with Crippen LogP contribution in [0.2, 0.25) is 0 Å². The Morgan fingerprint density at radius 1 is 0.344 bits per heavy atom. The smallest absolute Gasteiger partial charge is 0.0244 e. The molecule has 12 nitrogen and oxygen atoms in total. The van der Waals surface area contributed by atoms with Crippen molar-refractivity contribution in [1.29, 1.82) is 0 Å². The summed E-state index contributed by atoms with van der Waals surface area (Å²) in [6.07, 6.45) is 53.5. The summed E-state index contributed by atoms with van der Waals surface area (Å²) in [5.41, 5.74) is 5.25. The van der Waals surface area contributed by atoms with Crippen LogP contribution in [-0.2, 0) is 0 Å². The summed E-state index contributed by atoms with van der Waals surface area (Å²) in [5.74, 6) is 5.94. The first-order valence-electron chi connectivity index (χ1n) is 54.2. The van der Waals surface area contributed by atoms with Crippen molar-refractivity contribution in [1.82, 2.24) is 59.6 Å². The van der Waals surface area contributed by atoms with Gasteiger partial charge in [-0.1, -0.05) is 118 Å². The van der Waals surface area contributed by atoms with E-state index in [2.05, 4.69) is 309 Å². The minimum atomic E-state index is 0.